The van der Waals surface area contributed by atoms with Gasteiger partial charge in [-0.3, -0.25) is 0 Å². The van der Waals surface area contributed by atoms with Crippen LogP contribution in [0.25, 0.3) is 0 Å². The number of benzene rings is 2. The maximum Gasteiger partial charge on any atom is 0.134 e. The van der Waals surface area contributed by atoms with Crippen molar-refractivity contribution in [3.8, 4) is 23.0 Å². The smallest absolute Gasteiger partial charge is 0.134 e. The molecule has 0 spiro atoms. The zero-order valence-corrected chi connectivity index (χ0v) is 13.7. The molecule has 2 aromatic rings. The van der Waals surface area contributed by atoms with Crippen LogP contribution in [0.3, 0.4) is 0 Å². The van der Waals surface area contributed by atoms with Gasteiger partial charge < -0.3 is 14.2 Å². The molecule has 1 heterocycles. The van der Waals surface area contributed by atoms with Gasteiger partial charge in [0, 0.05) is 24.1 Å². The van der Waals surface area contributed by atoms with Crippen molar-refractivity contribution < 1.29 is 14.2 Å². The Morgan fingerprint density at radius 1 is 0.913 bits per heavy atom. The van der Waals surface area contributed by atoms with Crippen LogP contribution in [-0.4, -0.2) is 14.2 Å². The van der Waals surface area contributed by atoms with Crippen molar-refractivity contribution in [3.63, 3.8) is 0 Å². The number of methoxy groups -OCH3 is 2. The third kappa shape index (κ3) is 2.54. The number of fused-ring (bicyclic) bond motifs is 2. The van der Waals surface area contributed by atoms with Crippen molar-refractivity contribution in [2.24, 2.45) is 0 Å². The maximum absolute atomic E-state index is 6.20. The Bertz CT molecular complexity index is 730. The minimum absolute atomic E-state index is 0.641. The van der Waals surface area contributed by atoms with E-state index in [4.69, 9.17) is 14.2 Å². The highest BCUT2D eigenvalue weighted by atomic mass is 16.5. The Morgan fingerprint density at radius 3 is 2.39 bits per heavy atom. The van der Waals surface area contributed by atoms with Crippen molar-refractivity contribution in [1.82, 2.24) is 0 Å². The maximum atomic E-state index is 6.20. The molecule has 0 N–H and O–H groups in total. The van der Waals surface area contributed by atoms with E-state index in [-0.39, 0.29) is 0 Å². The van der Waals surface area contributed by atoms with E-state index in [1.165, 1.54) is 42.4 Å². The normalized spacial score (nSPS) is 16.4. The Labute approximate surface area is 137 Å². The molecule has 1 saturated carbocycles. The minimum Gasteiger partial charge on any atom is -0.497 e. The number of rotatable bonds is 3. The van der Waals surface area contributed by atoms with Gasteiger partial charge in [-0.2, -0.15) is 0 Å². The van der Waals surface area contributed by atoms with Crippen molar-refractivity contribution in [2.45, 2.75) is 38.0 Å². The summed E-state index contributed by atoms with van der Waals surface area (Å²) >= 11 is 0. The average molecular weight is 310 g/mol. The van der Waals surface area contributed by atoms with Crippen LogP contribution in [0.15, 0.2) is 30.3 Å². The van der Waals surface area contributed by atoms with Crippen LogP contribution in [-0.2, 0) is 6.42 Å². The lowest BCUT2D eigenvalue weighted by molar-refractivity contribution is 0.397. The molecule has 120 valence electrons. The van der Waals surface area contributed by atoms with E-state index in [9.17, 15) is 0 Å². The van der Waals surface area contributed by atoms with Crippen molar-refractivity contribution in [1.29, 1.82) is 0 Å². The van der Waals surface area contributed by atoms with Crippen LogP contribution in [0.5, 0.6) is 23.0 Å². The van der Waals surface area contributed by atoms with Crippen LogP contribution >= 0.6 is 0 Å². The van der Waals surface area contributed by atoms with Gasteiger partial charge in [-0.15, -0.1) is 0 Å². The molecule has 0 radical (unpaired) electrons. The van der Waals surface area contributed by atoms with E-state index < -0.39 is 0 Å². The highest BCUT2D eigenvalue weighted by molar-refractivity contribution is 5.57. The van der Waals surface area contributed by atoms with E-state index in [1.54, 1.807) is 14.2 Å². The van der Waals surface area contributed by atoms with Gasteiger partial charge in [0.05, 0.1) is 14.2 Å². The number of ether oxygens (including phenoxy) is 3. The molecule has 1 aliphatic carbocycles. The molecule has 2 aliphatic rings. The predicted octanol–water partition coefficient (Wildman–Crippen LogP) is 5.06. The van der Waals surface area contributed by atoms with Crippen LogP contribution < -0.4 is 14.2 Å². The highest BCUT2D eigenvalue weighted by Crippen LogP contribution is 2.46. The standard InChI is InChI=1S/C20H22O3/c1-21-15-8-7-14-9-18-17(13-5-3-4-6-13)10-16(22-2)12-20(18)23-19(14)11-15/h7-8,10-13H,3-6,9H2,1-2H3. The van der Waals surface area contributed by atoms with Gasteiger partial charge in [0.1, 0.15) is 23.0 Å². The second-order valence-electron chi connectivity index (χ2n) is 6.43. The van der Waals surface area contributed by atoms with E-state index in [0.29, 0.717) is 5.92 Å². The summed E-state index contributed by atoms with van der Waals surface area (Å²) in [4.78, 5) is 0. The van der Waals surface area contributed by atoms with Crippen molar-refractivity contribution in [2.75, 3.05) is 14.2 Å². The molecule has 4 rings (SSSR count). The molecule has 23 heavy (non-hydrogen) atoms. The van der Waals surface area contributed by atoms with E-state index in [1.807, 2.05) is 18.2 Å². The zero-order chi connectivity index (χ0) is 15.8. The molecule has 1 fully saturated rings. The van der Waals surface area contributed by atoms with Crippen LogP contribution in [0, 0.1) is 0 Å². The van der Waals surface area contributed by atoms with Gasteiger partial charge >= 0.3 is 0 Å². The molecule has 3 nitrogen and oxygen atoms in total. The molecular weight excluding hydrogens is 288 g/mol. The fourth-order valence-corrected chi connectivity index (χ4v) is 3.85. The minimum atomic E-state index is 0.641. The highest BCUT2D eigenvalue weighted by Gasteiger charge is 2.27. The monoisotopic (exact) mass is 310 g/mol. The molecule has 2 aromatic carbocycles. The Morgan fingerprint density at radius 2 is 1.65 bits per heavy atom. The van der Waals surface area contributed by atoms with Crippen molar-refractivity contribution >= 4 is 0 Å². The second-order valence-corrected chi connectivity index (χ2v) is 6.43. The second kappa shape index (κ2) is 5.80. The summed E-state index contributed by atoms with van der Waals surface area (Å²) in [6, 6.07) is 10.3. The molecular formula is C20H22O3. The summed E-state index contributed by atoms with van der Waals surface area (Å²) < 4.78 is 17.0. The van der Waals surface area contributed by atoms with Crippen molar-refractivity contribution in [3.05, 3.63) is 47.0 Å². The topological polar surface area (TPSA) is 27.7 Å². The lowest BCUT2D eigenvalue weighted by Gasteiger charge is -2.26. The summed E-state index contributed by atoms with van der Waals surface area (Å²) in [7, 11) is 3.40. The van der Waals surface area contributed by atoms with Gasteiger partial charge in [0.25, 0.3) is 0 Å². The Kier molecular flexibility index (Phi) is 3.64. The summed E-state index contributed by atoms with van der Waals surface area (Å²) in [5.74, 6) is 4.18. The predicted molar refractivity (Wildman–Crippen MR) is 90.1 cm³/mol. The first-order valence-corrected chi connectivity index (χ1v) is 8.34. The Balaban J connectivity index is 1.78. The summed E-state index contributed by atoms with van der Waals surface area (Å²) in [6.45, 7) is 0. The Hall–Kier alpha value is -2.16. The summed E-state index contributed by atoms with van der Waals surface area (Å²) in [5, 5.41) is 0. The molecule has 1 aliphatic heterocycles. The lowest BCUT2D eigenvalue weighted by Crippen LogP contribution is -2.09. The molecule has 0 saturated heterocycles. The third-order valence-electron chi connectivity index (χ3n) is 5.11. The van der Waals surface area contributed by atoms with Gasteiger partial charge in [0.2, 0.25) is 0 Å². The van der Waals surface area contributed by atoms with Gasteiger partial charge in [0.15, 0.2) is 0 Å². The van der Waals surface area contributed by atoms with Crippen LogP contribution in [0.1, 0.15) is 48.3 Å². The first kappa shape index (κ1) is 14.4. The fourth-order valence-electron chi connectivity index (χ4n) is 3.85. The average Bonchev–Trinajstić information content (AvgIpc) is 3.12. The van der Waals surface area contributed by atoms with E-state index >= 15 is 0 Å². The van der Waals surface area contributed by atoms with E-state index in [0.717, 1.165) is 29.4 Å². The molecule has 0 amide bonds. The molecule has 0 unspecified atom stereocenters. The molecule has 3 heteroatoms. The first-order chi connectivity index (χ1) is 11.3. The third-order valence-corrected chi connectivity index (χ3v) is 5.11. The molecule has 0 bridgehead atoms. The molecule has 0 atom stereocenters. The summed E-state index contributed by atoms with van der Waals surface area (Å²) in [6.07, 6.45) is 6.12. The van der Waals surface area contributed by atoms with Gasteiger partial charge in [-0.25, -0.2) is 0 Å². The van der Waals surface area contributed by atoms with Gasteiger partial charge in [-0.05, 0) is 42.0 Å². The largest absolute Gasteiger partial charge is 0.497 e. The van der Waals surface area contributed by atoms with E-state index in [2.05, 4.69) is 12.1 Å². The lowest BCUT2D eigenvalue weighted by atomic mass is 9.87. The van der Waals surface area contributed by atoms with Crippen LogP contribution in [0.2, 0.25) is 0 Å². The number of hydrogen-bond acceptors (Lipinski definition) is 3. The van der Waals surface area contributed by atoms with Crippen LogP contribution in [0.4, 0.5) is 0 Å². The first-order valence-electron chi connectivity index (χ1n) is 8.34. The zero-order valence-electron chi connectivity index (χ0n) is 13.7. The van der Waals surface area contributed by atoms with Gasteiger partial charge in [-0.1, -0.05) is 18.9 Å². The molecule has 0 aromatic heterocycles. The fraction of sp³-hybridized carbons (Fsp3) is 0.400. The SMILES string of the molecule is COc1ccc2c(c1)Oc1cc(OC)cc(C3CCCC3)c1C2. The summed E-state index contributed by atoms with van der Waals surface area (Å²) in [5.41, 5.74) is 3.97. The quantitative estimate of drug-likeness (QED) is 0.677. The number of hydrogen-bond donors (Lipinski definition) is 0.